The first-order valence-electron chi connectivity index (χ1n) is 6.28. The standard InChI is InChI=1S/C16H17BrFN/c1-11-8-14(18)6-7-15(11)16(19-2)10-12-4-3-5-13(17)9-12/h3-9,16,19H,10H2,1-2H3. The molecule has 2 rings (SSSR count). The molecule has 0 aliphatic carbocycles. The first kappa shape index (κ1) is 14.2. The summed E-state index contributed by atoms with van der Waals surface area (Å²) in [4.78, 5) is 0. The van der Waals surface area contributed by atoms with Crippen LogP contribution < -0.4 is 5.32 Å². The first-order valence-corrected chi connectivity index (χ1v) is 7.07. The molecule has 0 amide bonds. The van der Waals surface area contributed by atoms with E-state index in [4.69, 9.17) is 0 Å². The number of benzene rings is 2. The number of hydrogen-bond donors (Lipinski definition) is 1. The van der Waals surface area contributed by atoms with E-state index in [1.165, 1.54) is 11.6 Å². The summed E-state index contributed by atoms with van der Waals surface area (Å²) >= 11 is 3.48. The molecule has 3 heteroatoms. The highest BCUT2D eigenvalue weighted by atomic mass is 79.9. The molecule has 0 heterocycles. The van der Waals surface area contributed by atoms with E-state index in [1.807, 2.05) is 32.2 Å². The number of aryl methyl sites for hydroxylation is 1. The van der Waals surface area contributed by atoms with Crippen LogP contribution in [0.2, 0.25) is 0 Å². The first-order chi connectivity index (χ1) is 9.10. The lowest BCUT2D eigenvalue weighted by atomic mass is 9.95. The van der Waals surface area contributed by atoms with E-state index < -0.39 is 0 Å². The Morgan fingerprint density at radius 1 is 1.21 bits per heavy atom. The topological polar surface area (TPSA) is 12.0 Å². The van der Waals surface area contributed by atoms with Crippen molar-refractivity contribution >= 4 is 15.9 Å². The Balaban J connectivity index is 2.25. The maximum atomic E-state index is 13.2. The van der Waals surface area contributed by atoms with Gasteiger partial charge in [-0.3, -0.25) is 0 Å². The fourth-order valence-corrected chi connectivity index (χ4v) is 2.74. The molecule has 0 aromatic heterocycles. The molecule has 100 valence electrons. The summed E-state index contributed by atoms with van der Waals surface area (Å²) in [6.07, 6.45) is 0.877. The summed E-state index contributed by atoms with van der Waals surface area (Å²) in [5, 5.41) is 3.31. The third-order valence-electron chi connectivity index (χ3n) is 3.28. The van der Waals surface area contributed by atoms with Crippen LogP contribution in [0.15, 0.2) is 46.9 Å². The second-order valence-corrected chi connectivity index (χ2v) is 5.59. The smallest absolute Gasteiger partial charge is 0.123 e. The average Bonchev–Trinajstić information content (AvgIpc) is 2.37. The molecule has 1 N–H and O–H groups in total. The van der Waals surface area contributed by atoms with Gasteiger partial charge in [0, 0.05) is 10.5 Å². The summed E-state index contributed by atoms with van der Waals surface area (Å²) < 4.78 is 14.2. The van der Waals surface area contributed by atoms with Crippen molar-refractivity contribution in [2.75, 3.05) is 7.05 Å². The zero-order valence-electron chi connectivity index (χ0n) is 11.1. The second-order valence-electron chi connectivity index (χ2n) is 4.68. The van der Waals surface area contributed by atoms with Crippen molar-refractivity contribution in [3.8, 4) is 0 Å². The normalized spacial score (nSPS) is 12.4. The van der Waals surface area contributed by atoms with E-state index in [0.29, 0.717) is 0 Å². The fraction of sp³-hybridized carbons (Fsp3) is 0.250. The molecule has 0 radical (unpaired) electrons. The van der Waals surface area contributed by atoms with Gasteiger partial charge in [0.25, 0.3) is 0 Å². The van der Waals surface area contributed by atoms with E-state index in [9.17, 15) is 4.39 Å². The SMILES string of the molecule is CNC(Cc1cccc(Br)c1)c1ccc(F)cc1C. The van der Waals surface area contributed by atoms with E-state index >= 15 is 0 Å². The summed E-state index contributed by atoms with van der Waals surface area (Å²) in [7, 11) is 1.94. The van der Waals surface area contributed by atoms with Crippen LogP contribution in [0, 0.1) is 12.7 Å². The average molecular weight is 322 g/mol. The quantitative estimate of drug-likeness (QED) is 0.880. The molecule has 2 aromatic rings. The minimum atomic E-state index is -0.182. The Morgan fingerprint density at radius 3 is 2.63 bits per heavy atom. The lowest BCUT2D eigenvalue weighted by molar-refractivity contribution is 0.582. The number of nitrogens with one attached hydrogen (secondary N) is 1. The van der Waals surface area contributed by atoms with Crippen LogP contribution in [0.5, 0.6) is 0 Å². The van der Waals surface area contributed by atoms with Gasteiger partial charge in [0.15, 0.2) is 0 Å². The Kier molecular flexibility index (Phi) is 4.72. The molecule has 0 saturated heterocycles. The molecule has 0 spiro atoms. The fourth-order valence-electron chi connectivity index (χ4n) is 2.30. The van der Waals surface area contributed by atoms with Crippen molar-refractivity contribution in [1.29, 1.82) is 0 Å². The molecule has 0 aliphatic heterocycles. The van der Waals surface area contributed by atoms with E-state index in [1.54, 1.807) is 6.07 Å². The number of rotatable bonds is 4. The molecule has 0 saturated carbocycles. The maximum Gasteiger partial charge on any atom is 0.123 e. The lowest BCUT2D eigenvalue weighted by Gasteiger charge is -2.19. The summed E-state index contributed by atoms with van der Waals surface area (Å²) in [6.45, 7) is 1.95. The van der Waals surface area contributed by atoms with Crippen LogP contribution in [0.3, 0.4) is 0 Å². The van der Waals surface area contributed by atoms with E-state index in [0.717, 1.165) is 22.0 Å². The minimum Gasteiger partial charge on any atom is -0.313 e. The zero-order chi connectivity index (χ0) is 13.8. The van der Waals surface area contributed by atoms with Gasteiger partial charge in [-0.25, -0.2) is 4.39 Å². The molecule has 0 aliphatic rings. The number of hydrogen-bond acceptors (Lipinski definition) is 1. The van der Waals surface area contributed by atoms with Crippen LogP contribution in [-0.4, -0.2) is 7.05 Å². The molecule has 19 heavy (non-hydrogen) atoms. The number of halogens is 2. The van der Waals surface area contributed by atoms with Gasteiger partial charge in [-0.1, -0.05) is 34.1 Å². The predicted octanol–water partition coefficient (Wildman–Crippen LogP) is 4.40. The van der Waals surface area contributed by atoms with Gasteiger partial charge in [0.05, 0.1) is 0 Å². The van der Waals surface area contributed by atoms with Gasteiger partial charge in [-0.2, -0.15) is 0 Å². The van der Waals surface area contributed by atoms with Gasteiger partial charge in [0.1, 0.15) is 5.82 Å². The predicted molar refractivity (Wildman–Crippen MR) is 80.8 cm³/mol. The number of likely N-dealkylation sites (N-methyl/N-ethyl adjacent to an activating group) is 1. The third-order valence-corrected chi connectivity index (χ3v) is 3.78. The van der Waals surface area contributed by atoms with Crippen molar-refractivity contribution in [2.45, 2.75) is 19.4 Å². The Hall–Kier alpha value is -1.19. The molecule has 1 nitrogen and oxygen atoms in total. The Morgan fingerprint density at radius 2 is 2.00 bits per heavy atom. The molecule has 2 aromatic carbocycles. The summed E-state index contributed by atoms with van der Waals surface area (Å²) in [6, 6.07) is 13.4. The third kappa shape index (κ3) is 3.64. The molecule has 1 unspecified atom stereocenters. The Bertz CT molecular complexity index is 568. The second kappa shape index (κ2) is 6.31. The summed E-state index contributed by atoms with van der Waals surface area (Å²) in [5.41, 5.74) is 3.37. The van der Waals surface area contributed by atoms with Gasteiger partial charge >= 0.3 is 0 Å². The van der Waals surface area contributed by atoms with Crippen LogP contribution >= 0.6 is 15.9 Å². The van der Waals surface area contributed by atoms with Crippen molar-refractivity contribution in [3.05, 3.63) is 69.4 Å². The largest absolute Gasteiger partial charge is 0.313 e. The van der Waals surface area contributed by atoms with Crippen molar-refractivity contribution in [1.82, 2.24) is 5.32 Å². The molecular weight excluding hydrogens is 305 g/mol. The van der Waals surface area contributed by atoms with Gasteiger partial charge in [0.2, 0.25) is 0 Å². The van der Waals surface area contributed by atoms with Gasteiger partial charge in [-0.15, -0.1) is 0 Å². The van der Waals surface area contributed by atoms with Crippen molar-refractivity contribution in [3.63, 3.8) is 0 Å². The summed E-state index contributed by atoms with van der Waals surface area (Å²) in [5.74, 6) is -0.182. The van der Waals surface area contributed by atoms with Gasteiger partial charge in [-0.05, 0) is 61.3 Å². The monoisotopic (exact) mass is 321 g/mol. The van der Waals surface area contributed by atoms with Crippen LogP contribution in [0.4, 0.5) is 4.39 Å². The lowest BCUT2D eigenvalue weighted by Crippen LogP contribution is -2.19. The van der Waals surface area contributed by atoms with Crippen LogP contribution in [-0.2, 0) is 6.42 Å². The Labute approximate surface area is 122 Å². The molecular formula is C16H17BrFN. The van der Waals surface area contributed by atoms with Crippen molar-refractivity contribution < 1.29 is 4.39 Å². The highest BCUT2D eigenvalue weighted by molar-refractivity contribution is 9.10. The highest BCUT2D eigenvalue weighted by Gasteiger charge is 2.13. The molecule has 1 atom stereocenters. The highest BCUT2D eigenvalue weighted by Crippen LogP contribution is 2.23. The van der Waals surface area contributed by atoms with Crippen LogP contribution in [0.1, 0.15) is 22.7 Å². The maximum absolute atomic E-state index is 13.2. The zero-order valence-corrected chi connectivity index (χ0v) is 12.7. The molecule has 0 fully saturated rings. The van der Waals surface area contributed by atoms with Crippen LogP contribution in [0.25, 0.3) is 0 Å². The van der Waals surface area contributed by atoms with E-state index in [2.05, 4.69) is 33.4 Å². The van der Waals surface area contributed by atoms with Gasteiger partial charge < -0.3 is 5.32 Å². The van der Waals surface area contributed by atoms with Crippen molar-refractivity contribution in [2.24, 2.45) is 0 Å². The minimum absolute atomic E-state index is 0.182. The van der Waals surface area contributed by atoms with E-state index in [-0.39, 0.29) is 11.9 Å². The molecule has 0 bridgehead atoms.